The van der Waals surface area contributed by atoms with Crippen LogP contribution in [-0.4, -0.2) is 18.6 Å². The molecule has 0 fully saturated rings. The first-order valence-corrected chi connectivity index (χ1v) is 3.92. The third kappa shape index (κ3) is 1.18. The summed E-state index contributed by atoms with van der Waals surface area (Å²) in [4.78, 5) is 12.1. The molecule has 13 heavy (non-hydrogen) atoms. The second-order valence-electron chi connectivity index (χ2n) is 2.99. The minimum absolute atomic E-state index is 0.126. The number of anilines is 2. The van der Waals surface area contributed by atoms with Crippen LogP contribution in [-0.2, 0) is 0 Å². The van der Waals surface area contributed by atoms with Crippen LogP contribution in [0.5, 0.6) is 0 Å². The summed E-state index contributed by atoms with van der Waals surface area (Å²) >= 11 is 0. The summed E-state index contributed by atoms with van der Waals surface area (Å²) in [5.74, 6) is 0. The molecule has 1 aromatic carbocycles. The molecule has 0 spiro atoms. The molecule has 0 unspecified atom stereocenters. The number of rotatable bonds is 1. The summed E-state index contributed by atoms with van der Waals surface area (Å²) in [5.41, 5.74) is 1.96. The van der Waals surface area contributed by atoms with Gasteiger partial charge >= 0.3 is 0 Å². The second-order valence-corrected chi connectivity index (χ2v) is 2.99. The molecule has 0 saturated heterocycles. The minimum atomic E-state index is -0.389. The summed E-state index contributed by atoms with van der Waals surface area (Å²) in [6, 6.07) is 4.83. The standard InChI is InChI=1S/C8H9N3O2/c1-10-5-9-7-4-6(11(12)13)2-3-8(7)10/h2-4,9H,5H2,1H3. The fraction of sp³-hybridized carbons (Fsp3) is 0.250. The lowest BCUT2D eigenvalue weighted by molar-refractivity contribution is -0.384. The van der Waals surface area contributed by atoms with Gasteiger partial charge < -0.3 is 10.2 Å². The smallest absolute Gasteiger partial charge is 0.271 e. The Morgan fingerprint density at radius 1 is 1.62 bits per heavy atom. The predicted octanol–water partition coefficient (Wildman–Crippen LogP) is 1.41. The zero-order chi connectivity index (χ0) is 9.42. The fourth-order valence-corrected chi connectivity index (χ4v) is 1.40. The van der Waals surface area contributed by atoms with Crippen LogP contribution in [0.1, 0.15) is 0 Å². The Hall–Kier alpha value is -1.78. The maximum atomic E-state index is 10.4. The molecule has 1 aromatic rings. The lowest BCUT2D eigenvalue weighted by Crippen LogP contribution is -2.15. The second kappa shape index (κ2) is 2.62. The normalized spacial score (nSPS) is 13.8. The molecule has 0 atom stereocenters. The molecule has 1 N–H and O–H groups in total. The molecule has 1 aliphatic heterocycles. The van der Waals surface area contributed by atoms with Crippen LogP contribution in [0.3, 0.4) is 0 Å². The highest BCUT2D eigenvalue weighted by Gasteiger charge is 2.17. The summed E-state index contributed by atoms with van der Waals surface area (Å²) < 4.78 is 0. The number of nitro benzene ring substituents is 1. The van der Waals surface area contributed by atoms with E-state index in [0.29, 0.717) is 6.67 Å². The zero-order valence-corrected chi connectivity index (χ0v) is 7.15. The van der Waals surface area contributed by atoms with Crippen LogP contribution >= 0.6 is 0 Å². The molecule has 0 aromatic heterocycles. The first-order chi connectivity index (χ1) is 6.18. The van der Waals surface area contributed by atoms with Crippen LogP contribution in [0.2, 0.25) is 0 Å². The highest BCUT2D eigenvalue weighted by molar-refractivity contribution is 5.76. The van der Waals surface area contributed by atoms with Crippen molar-refractivity contribution in [2.45, 2.75) is 0 Å². The van der Waals surface area contributed by atoms with E-state index < -0.39 is 0 Å². The molecular formula is C8H9N3O2. The molecular weight excluding hydrogens is 170 g/mol. The minimum Gasteiger partial charge on any atom is -0.366 e. The lowest BCUT2D eigenvalue weighted by Gasteiger charge is -2.08. The highest BCUT2D eigenvalue weighted by Crippen LogP contribution is 2.32. The number of nitrogens with zero attached hydrogens (tertiary/aromatic N) is 2. The van der Waals surface area contributed by atoms with Crippen molar-refractivity contribution < 1.29 is 4.92 Å². The van der Waals surface area contributed by atoms with E-state index in [-0.39, 0.29) is 10.6 Å². The third-order valence-electron chi connectivity index (χ3n) is 2.11. The molecule has 2 rings (SSSR count). The number of hydrogen-bond donors (Lipinski definition) is 1. The van der Waals surface area contributed by atoms with Gasteiger partial charge in [-0.3, -0.25) is 10.1 Å². The van der Waals surface area contributed by atoms with E-state index in [1.165, 1.54) is 6.07 Å². The number of hydrogen-bond acceptors (Lipinski definition) is 4. The van der Waals surface area contributed by atoms with Gasteiger partial charge in [-0.2, -0.15) is 0 Å². The lowest BCUT2D eigenvalue weighted by atomic mass is 10.2. The third-order valence-corrected chi connectivity index (χ3v) is 2.11. The molecule has 0 saturated carbocycles. The van der Waals surface area contributed by atoms with E-state index in [2.05, 4.69) is 5.32 Å². The van der Waals surface area contributed by atoms with E-state index in [9.17, 15) is 10.1 Å². The van der Waals surface area contributed by atoms with Gasteiger partial charge in [0.1, 0.15) is 0 Å². The molecule has 1 heterocycles. The first kappa shape index (κ1) is 7.85. The van der Waals surface area contributed by atoms with Crippen molar-refractivity contribution in [3.63, 3.8) is 0 Å². The monoisotopic (exact) mass is 179 g/mol. The van der Waals surface area contributed by atoms with E-state index in [0.717, 1.165) is 11.4 Å². The molecule has 0 aliphatic carbocycles. The van der Waals surface area contributed by atoms with Crippen LogP contribution in [0, 0.1) is 10.1 Å². The van der Waals surface area contributed by atoms with Gasteiger partial charge in [-0.1, -0.05) is 0 Å². The van der Waals surface area contributed by atoms with Crippen LogP contribution in [0.15, 0.2) is 18.2 Å². The van der Waals surface area contributed by atoms with E-state index in [1.54, 1.807) is 12.1 Å². The average Bonchev–Trinajstić information content (AvgIpc) is 2.47. The van der Waals surface area contributed by atoms with Gasteiger partial charge in [0, 0.05) is 19.2 Å². The fourth-order valence-electron chi connectivity index (χ4n) is 1.40. The van der Waals surface area contributed by atoms with Crippen LogP contribution in [0.4, 0.5) is 17.1 Å². The molecule has 5 nitrogen and oxygen atoms in total. The maximum Gasteiger partial charge on any atom is 0.271 e. The van der Waals surface area contributed by atoms with Gasteiger partial charge in [0.05, 0.1) is 23.0 Å². The Balaban J connectivity index is 2.45. The van der Waals surface area contributed by atoms with Crippen molar-refractivity contribution in [3.8, 4) is 0 Å². The molecule has 0 amide bonds. The number of nitrogens with one attached hydrogen (secondary N) is 1. The van der Waals surface area contributed by atoms with Gasteiger partial charge in [-0.05, 0) is 6.07 Å². The summed E-state index contributed by atoms with van der Waals surface area (Å²) in [5, 5.41) is 13.5. The molecule has 5 heteroatoms. The highest BCUT2D eigenvalue weighted by atomic mass is 16.6. The Morgan fingerprint density at radius 2 is 2.38 bits per heavy atom. The number of benzene rings is 1. The largest absolute Gasteiger partial charge is 0.366 e. The van der Waals surface area contributed by atoms with Crippen molar-refractivity contribution in [2.75, 3.05) is 23.9 Å². The van der Waals surface area contributed by atoms with Crippen molar-refractivity contribution in [2.24, 2.45) is 0 Å². The van der Waals surface area contributed by atoms with E-state index >= 15 is 0 Å². The van der Waals surface area contributed by atoms with Gasteiger partial charge in [0.2, 0.25) is 0 Å². The quantitative estimate of drug-likeness (QED) is 0.523. The number of nitro groups is 1. The molecule has 68 valence electrons. The summed E-state index contributed by atoms with van der Waals surface area (Å²) in [6.07, 6.45) is 0. The van der Waals surface area contributed by atoms with Crippen molar-refractivity contribution in [1.29, 1.82) is 0 Å². The van der Waals surface area contributed by atoms with E-state index in [4.69, 9.17) is 0 Å². The maximum absolute atomic E-state index is 10.4. The Kier molecular flexibility index (Phi) is 1.58. The topological polar surface area (TPSA) is 58.4 Å². The summed E-state index contributed by atoms with van der Waals surface area (Å²) in [7, 11) is 1.94. The molecule has 1 aliphatic rings. The van der Waals surface area contributed by atoms with Crippen molar-refractivity contribution in [1.82, 2.24) is 0 Å². The Morgan fingerprint density at radius 3 is 3.08 bits per heavy atom. The van der Waals surface area contributed by atoms with Gasteiger partial charge in [0.15, 0.2) is 0 Å². The van der Waals surface area contributed by atoms with Crippen LogP contribution < -0.4 is 10.2 Å². The van der Waals surface area contributed by atoms with Crippen LogP contribution in [0.25, 0.3) is 0 Å². The molecule has 0 bridgehead atoms. The SMILES string of the molecule is CN1CNc2cc([N+](=O)[O-])ccc21. The van der Waals surface area contributed by atoms with Gasteiger partial charge in [-0.25, -0.2) is 0 Å². The number of non-ortho nitro benzene ring substituents is 1. The average molecular weight is 179 g/mol. The molecule has 0 radical (unpaired) electrons. The first-order valence-electron chi connectivity index (χ1n) is 3.92. The van der Waals surface area contributed by atoms with E-state index in [1.807, 2.05) is 11.9 Å². The zero-order valence-electron chi connectivity index (χ0n) is 7.15. The Bertz CT molecular complexity index is 364. The number of fused-ring (bicyclic) bond motifs is 1. The van der Waals surface area contributed by atoms with Gasteiger partial charge in [0.25, 0.3) is 5.69 Å². The van der Waals surface area contributed by atoms with Gasteiger partial charge in [-0.15, -0.1) is 0 Å². The predicted molar refractivity (Wildman–Crippen MR) is 50.0 cm³/mol. The Labute approximate surface area is 75.1 Å². The van der Waals surface area contributed by atoms with Crippen molar-refractivity contribution in [3.05, 3.63) is 28.3 Å². The van der Waals surface area contributed by atoms with Crippen molar-refractivity contribution >= 4 is 17.1 Å². The summed E-state index contributed by atoms with van der Waals surface area (Å²) in [6.45, 7) is 0.705.